The number of urea groups is 1. The first-order valence-corrected chi connectivity index (χ1v) is 9.42. The third kappa shape index (κ3) is 4.94. The van der Waals surface area contributed by atoms with Gasteiger partial charge in [-0.3, -0.25) is 5.32 Å². The van der Waals surface area contributed by atoms with Crippen LogP contribution in [-0.4, -0.2) is 22.9 Å². The zero-order chi connectivity index (χ0) is 21.0. The van der Waals surface area contributed by atoms with E-state index >= 15 is 0 Å². The second kappa shape index (κ2) is 8.36. The summed E-state index contributed by atoms with van der Waals surface area (Å²) >= 11 is 0. The molecule has 0 aliphatic rings. The SMILES string of the molecule is COc1cccc(NC(=O)Nc2cc(C(C)(C)C)nn2-c2cccc(CN)c2)c1. The summed E-state index contributed by atoms with van der Waals surface area (Å²) in [5.41, 5.74) is 8.93. The van der Waals surface area contributed by atoms with E-state index in [1.807, 2.05) is 42.5 Å². The molecule has 29 heavy (non-hydrogen) atoms. The molecular weight excluding hydrogens is 366 g/mol. The number of aromatic nitrogens is 2. The summed E-state index contributed by atoms with van der Waals surface area (Å²) in [6.45, 7) is 6.67. The Morgan fingerprint density at radius 1 is 1.10 bits per heavy atom. The number of nitrogens with zero attached hydrogens (tertiary/aromatic N) is 2. The Kier molecular flexibility index (Phi) is 5.89. The Labute approximate surface area is 170 Å². The molecule has 4 N–H and O–H groups in total. The molecule has 7 nitrogen and oxygen atoms in total. The summed E-state index contributed by atoms with van der Waals surface area (Å²) in [6, 6.07) is 16.5. The molecule has 0 saturated carbocycles. The highest BCUT2D eigenvalue weighted by Crippen LogP contribution is 2.27. The van der Waals surface area contributed by atoms with Gasteiger partial charge in [0.15, 0.2) is 0 Å². The van der Waals surface area contributed by atoms with Crippen LogP contribution >= 0.6 is 0 Å². The molecule has 1 aromatic heterocycles. The summed E-state index contributed by atoms with van der Waals surface area (Å²) in [5.74, 6) is 1.24. The number of rotatable bonds is 5. The van der Waals surface area contributed by atoms with Crippen LogP contribution in [0.3, 0.4) is 0 Å². The van der Waals surface area contributed by atoms with Crippen molar-refractivity contribution in [2.24, 2.45) is 5.73 Å². The zero-order valence-electron chi connectivity index (χ0n) is 17.2. The molecule has 2 aromatic carbocycles. The van der Waals surface area contributed by atoms with E-state index in [1.165, 1.54) is 0 Å². The van der Waals surface area contributed by atoms with Crippen molar-refractivity contribution in [3.63, 3.8) is 0 Å². The van der Waals surface area contributed by atoms with E-state index in [0.717, 1.165) is 16.9 Å². The lowest BCUT2D eigenvalue weighted by Gasteiger charge is -2.14. The summed E-state index contributed by atoms with van der Waals surface area (Å²) in [6.07, 6.45) is 0. The van der Waals surface area contributed by atoms with Gasteiger partial charge in [0.25, 0.3) is 0 Å². The molecule has 1 heterocycles. The van der Waals surface area contributed by atoms with Gasteiger partial charge in [-0.25, -0.2) is 9.48 Å². The summed E-state index contributed by atoms with van der Waals surface area (Å²) in [5, 5.41) is 10.5. The Morgan fingerprint density at radius 3 is 2.55 bits per heavy atom. The highest BCUT2D eigenvalue weighted by Gasteiger charge is 2.21. The molecule has 152 valence electrons. The Hall–Kier alpha value is -3.32. The first-order valence-electron chi connectivity index (χ1n) is 9.42. The molecule has 0 spiro atoms. The minimum absolute atomic E-state index is 0.170. The van der Waals surface area contributed by atoms with Gasteiger partial charge in [0.1, 0.15) is 11.6 Å². The number of hydrogen-bond donors (Lipinski definition) is 3. The largest absolute Gasteiger partial charge is 0.497 e. The minimum Gasteiger partial charge on any atom is -0.497 e. The van der Waals surface area contributed by atoms with E-state index in [1.54, 1.807) is 23.9 Å². The minimum atomic E-state index is -0.366. The lowest BCUT2D eigenvalue weighted by molar-refractivity contribution is 0.262. The number of hydrogen-bond acceptors (Lipinski definition) is 4. The summed E-state index contributed by atoms with van der Waals surface area (Å²) < 4.78 is 6.93. The first kappa shape index (κ1) is 20.4. The van der Waals surface area contributed by atoms with Crippen molar-refractivity contribution in [2.75, 3.05) is 17.7 Å². The van der Waals surface area contributed by atoms with E-state index in [4.69, 9.17) is 15.6 Å². The summed E-state index contributed by atoms with van der Waals surface area (Å²) in [7, 11) is 1.58. The van der Waals surface area contributed by atoms with Gasteiger partial charge in [-0.05, 0) is 29.8 Å². The van der Waals surface area contributed by atoms with Gasteiger partial charge >= 0.3 is 6.03 Å². The number of nitrogens with one attached hydrogen (secondary N) is 2. The number of benzene rings is 2. The topological polar surface area (TPSA) is 94.2 Å². The normalized spacial score (nSPS) is 11.2. The molecule has 0 atom stereocenters. The maximum absolute atomic E-state index is 12.6. The van der Waals surface area contributed by atoms with E-state index in [0.29, 0.717) is 23.8 Å². The average Bonchev–Trinajstić information content (AvgIpc) is 3.12. The molecule has 3 aromatic rings. The second-order valence-electron chi connectivity index (χ2n) is 7.76. The number of carbonyl (C=O) groups is 1. The van der Waals surface area contributed by atoms with E-state index in [-0.39, 0.29) is 11.4 Å². The van der Waals surface area contributed by atoms with E-state index < -0.39 is 0 Å². The molecular formula is C22H27N5O2. The third-order valence-electron chi connectivity index (χ3n) is 4.44. The van der Waals surface area contributed by atoms with Crippen LogP contribution in [-0.2, 0) is 12.0 Å². The number of methoxy groups -OCH3 is 1. The molecule has 0 radical (unpaired) electrons. The number of nitrogens with two attached hydrogens (primary N) is 1. The van der Waals surface area contributed by atoms with Crippen molar-refractivity contribution in [1.29, 1.82) is 0 Å². The monoisotopic (exact) mass is 393 g/mol. The first-order chi connectivity index (χ1) is 13.8. The Morgan fingerprint density at radius 2 is 1.86 bits per heavy atom. The fourth-order valence-corrected chi connectivity index (χ4v) is 2.83. The third-order valence-corrected chi connectivity index (χ3v) is 4.44. The molecule has 7 heteroatoms. The number of carbonyl (C=O) groups excluding carboxylic acids is 1. The number of anilines is 2. The van der Waals surface area contributed by atoms with Crippen LogP contribution in [0.2, 0.25) is 0 Å². The van der Waals surface area contributed by atoms with Crippen molar-refractivity contribution in [2.45, 2.75) is 32.7 Å². The van der Waals surface area contributed by atoms with Crippen LogP contribution < -0.4 is 21.1 Å². The molecule has 3 rings (SSSR count). The van der Waals surface area contributed by atoms with Gasteiger partial charge in [-0.1, -0.05) is 39.0 Å². The standard InChI is InChI=1S/C22H27N5O2/c1-22(2,3)19-13-20(27(26-19)17-9-5-7-15(11-17)14-23)25-21(28)24-16-8-6-10-18(12-16)29-4/h5-13H,14,23H2,1-4H3,(H2,24,25,28). The van der Waals surface area contributed by atoms with Crippen LogP contribution in [0.25, 0.3) is 5.69 Å². The number of ether oxygens (including phenoxy) is 1. The second-order valence-corrected chi connectivity index (χ2v) is 7.76. The van der Waals surface area contributed by atoms with Crippen LogP contribution in [0.4, 0.5) is 16.3 Å². The molecule has 0 aliphatic heterocycles. The molecule has 2 amide bonds. The van der Waals surface area contributed by atoms with Crippen molar-refractivity contribution in [3.05, 3.63) is 65.9 Å². The highest BCUT2D eigenvalue weighted by atomic mass is 16.5. The predicted octanol–water partition coefficient (Wildman–Crippen LogP) is 4.28. The van der Waals surface area contributed by atoms with Gasteiger partial charge in [-0.2, -0.15) is 5.10 Å². The maximum Gasteiger partial charge on any atom is 0.324 e. The average molecular weight is 393 g/mol. The van der Waals surface area contributed by atoms with Crippen molar-refractivity contribution in [3.8, 4) is 11.4 Å². The lowest BCUT2D eigenvalue weighted by Crippen LogP contribution is -2.21. The van der Waals surface area contributed by atoms with Gasteiger partial charge < -0.3 is 15.8 Å². The molecule has 0 bridgehead atoms. The van der Waals surface area contributed by atoms with Gasteiger partial charge in [0.05, 0.1) is 18.5 Å². The van der Waals surface area contributed by atoms with E-state index in [9.17, 15) is 4.79 Å². The smallest absolute Gasteiger partial charge is 0.324 e. The van der Waals surface area contributed by atoms with Crippen molar-refractivity contribution < 1.29 is 9.53 Å². The lowest BCUT2D eigenvalue weighted by atomic mass is 9.92. The van der Waals surface area contributed by atoms with Gasteiger partial charge in [0.2, 0.25) is 0 Å². The maximum atomic E-state index is 12.6. The van der Waals surface area contributed by atoms with Gasteiger partial charge in [0, 0.05) is 29.8 Å². The fraction of sp³-hybridized carbons (Fsp3) is 0.273. The fourth-order valence-electron chi connectivity index (χ4n) is 2.83. The molecule has 0 fully saturated rings. The van der Waals surface area contributed by atoms with Crippen LogP contribution in [0, 0.1) is 0 Å². The highest BCUT2D eigenvalue weighted by molar-refractivity contribution is 5.99. The Bertz CT molecular complexity index is 1000. The van der Waals surface area contributed by atoms with E-state index in [2.05, 4.69) is 31.4 Å². The van der Waals surface area contributed by atoms with Crippen LogP contribution in [0.5, 0.6) is 5.75 Å². The Balaban J connectivity index is 1.90. The number of amides is 2. The van der Waals surface area contributed by atoms with Crippen molar-refractivity contribution in [1.82, 2.24) is 9.78 Å². The van der Waals surface area contributed by atoms with Crippen molar-refractivity contribution >= 4 is 17.5 Å². The van der Waals surface area contributed by atoms with Gasteiger partial charge in [-0.15, -0.1) is 0 Å². The van der Waals surface area contributed by atoms with Crippen LogP contribution in [0.15, 0.2) is 54.6 Å². The molecule has 0 saturated heterocycles. The quantitative estimate of drug-likeness (QED) is 0.603. The molecule has 0 aliphatic carbocycles. The predicted molar refractivity (Wildman–Crippen MR) is 116 cm³/mol. The van der Waals surface area contributed by atoms with Crippen LogP contribution in [0.1, 0.15) is 32.0 Å². The molecule has 0 unspecified atom stereocenters. The zero-order valence-corrected chi connectivity index (χ0v) is 17.2. The summed E-state index contributed by atoms with van der Waals surface area (Å²) in [4.78, 5) is 12.6.